The van der Waals surface area contributed by atoms with Crippen molar-refractivity contribution in [2.45, 2.75) is 142 Å². The summed E-state index contributed by atoms with van der Waals surface area (Å²) >= 11 is 0. The third kappa shape index (κ3) is 5.79. The van der Waals surface area contributed by atoms with Crippen molar-refractivity contribution >= 4 is 0 Å². The van der Waals surface area contributed by atoms with E-state index in [1.165, 1.54) is 11.1 Å². The van der Waals surface area contributed by atoms with Crippen LogP contribution in [0.1, 0.15) is 154 Å². The Hall–Kier alpha value is -1.96. The zero-order chi connectivity index (χ0) is 27.4. The van der Waals surface area contributed by atoms with Gasteiger partial charge >= 0.3 is 0 Å². The fraction of sp³-hybridized carbons (Fsp3) is 0.647. The van der Waals surface area contributed by atoms with Crippen molar-refractivity contribution < 1.29 is 10.2 Å². The minimum Gasteiger partial charge on any atom is -0.507 e. The molecule has 2 atom stereocenters. The molecule has 1 aliphatic rings. The van der Waals surface area contributed by atoms with Crippen LogP contribution >= 0.6 is 0 Å². The number of hydrogen-bond donors (Lipinski definition) is 2. The lowest BCUT2D eigenvalue weighted by Gasteiger charge is -2.37. The van der Waals surface area contributed by atoms with E-state index < -0.39 is 0 Å². The Kier molecular flexibility index (Phi) is 7.48. The largest absolute Gasteiger partial charge is 0.507 e. The summed E-state index contributed by atoms with van der Waals surface area (Å²) in [6, 6.07) is 8.96. The standard InChI is InChI=1S/C34H52O2/c1-31(2,3)21-17-25(29(35)27(19-21)33(7,8)9)23-15-13-14-16-24(23)26-18-22(32(4,5)6)20-28(30(26)36)34(10,11)12/h17-20,23-24,35-36H,13-16H2,1-12H3/t23-,24-/m0/s1. The van der Waals surface area contributed by atoms with Crippen molar-refractivity contribution in [1.82, 2.24) is 0 Å². The number of benzene rings is 2. The average Bonchev–Trinajstić information content (AvgIpc) is 2.70. The van der Waals surface area contributed by atoms with Gasteiger partial charge in [-0.3, -0.25) is 0 Å². The molecule has 3 rings (SSSR count). The molecule has 0 radical (unpaired) electrons. The maximum atomic E-state index is 11.7. The molecule has 1 fully saturated rings. The molecular formula is C34H52O2. The lowest BCUT2D eigenvalue weighted by molar-refractivity contribution is 0.352. The Morgan fingerprint density at radius 1 is 0.500 bits per heavy atom. The van der Waals surface area contributed by atoms with Crippen LogP contribution in [0, 0.1) is 0 Å². The van der Waals surface area contributed by atoms with Gasteiger partial charge in [-0.05, 0) is 79.7 Å². The van der Waals surface area contributed by atoms with Gasteiger partial charge in [0, 0.05) is 0 Å². The monoisotopic (exact) mass is 492 g/mol. The minimum atomic E-state index is -0.155. The number of phenolic OH excluding ortho intramolecular Hbond substituents is 2. The van der Waals surface area contributed by atoms with Crippen LogP contribution < -0.4 is 0 Å². The van der Waals surface area contributed by atoms with Crippen molar-refractivity contribution in [2.75, 3.05) is 0 Å². The van der Waals surface area contributed by atoms with Gasteiger partial charge in [0.1, 0.15) is 11.5 Å². The Balaban J connectivity index is 2.30. The van der Waals surface area contributed by atoms with Gasteiger partial charge in [-0.25, -0.2) is 0 Å². The van der Waals surface area contributed by atoms with E-state index in [4.69, 9.17) is 0 Å². The molecule has 2 heteroatoms. The molecule has 2 aromatic rings. The van der Waals surface area contributed by atoms with Crippen molar-refractivity contribution in [1.29, 1.82) is 0 Å². The van der Waals surface area contributed by atoms with Gasteiger partial charge in [0.2, 0.25) is 0 Å². The van der Waals surface area contributed by atoms with E-state index in [1.807, 2.05) is 0 Å². The first-order valence-corrected chi connectivity index (χ1v) is 14.0. The summed E-state index contributed by atoms with van der Waals surface area (Å²) in [5.74, 6) is 1.26. The summed E-state index contributed by atoms with van der Waals surface area (Å²) in [5.41, 5.74) is 6.39. The van der Waals surface area contributed by atoms with Crippen LogP contribution in [0.5, 0.6) is 11.5 Å². The van der Waals surface area contributed by atoms with E-state index in [0.717, 1.165) is 47.9 Å². The molecule has 1 aliphatic carbocycles. The van der Waals surface area contributed by atoms with E-state index in [1.54, 1.807) is 0 Å². The Morgan fingerprint density at radius 2 is 0.806 bits per heavy atom. The van der Waals surface area contributed by atoms with Crippen LogP contribution in [-0.2, 0) is 21.7 Å². The van der Waals surface area contributed by atoms with Gasteiger partial charge in [0.05, 0.1) is 0 Å². The molecule has 0 spiro atoms. The Morgan fingerprint density at radius 3 is 1.06 bits per heavy atom. The first-order valence-electron chi connectivity index (χ1n) is 14.0. The second kappa shape index (κ2) is 9.41. The number of hydrogen-bond acceptors (Lipinski definition) is 2. The maximum absolute atomic E-state index is 11.7. The first kappa shape index (κ1) is 28.6. The molecular weight excluding hydrogens is 440 g/mol. The van der Waals surface area contributed by atoms with E-state index in [9.17, 15) is 10.2 Å². The number of aromatic hydroxyl groups is 2. The van der Waals surface area contributed by atoms with Gasteiger partial charge in [-0.1, -0.05) is 120 Å². The van der Waals surface area contributed by atoms with Crippen LogP contribution in [0.3, 0.4) is 0 Å². The van der Waals surface area contributed by atoms with E-state index in [-0.39, 0.29) is 33.5 Å². The molecule has 0 unspecified atom stereocenters. The second-order valence-corrected chi connectivity index (χ2v) is 15.4. The fourth-order valence-corrected chi connectivity index (χ4v) is 5.76. The van der Waals surface area contributed by atoms with E-state index in [2.05, 4.69) is 107 Å². The quantitative estimate of drug-likeness (QED) is 0.438. The van der Waals surface area contributed by atoms with Gasteiger partial charge in [0.25, 0.3) is 0 Å². The summed E-state index contributed by atoms with van der Waals surface area (Å²) in [6.07, 6.45) is 4.35. The predicted octanol–water partition coefficient (Wildman–Crippen LogP) is 9.73. The molecule has 0 aromatic heterocycles. The van der Waals surface area contributed by atoms with Crippen molar-refractivity contribution in [2.24, 2.45) is 0 Å². The number of rotatable bonds is 2. The van der Waals surface area contributed by atoms with Crippen molar-refractivity contribution in [3.63, 3.8) is 0 Å². The van der Waals surface area contributed by atoms with Crippen LogP contribution in [-0.4, -0.2) is 10.2 Å². The molecule has 1 saturated carbocycles. The SMILES string of the molecule is CC(C)(C)c1cc([C@H]2CCCC[C@@H]2c2cc(C(C)(C)C)cc(C(C)(C)C)c2O)c(O)c(C(C)(C)C)c1. The summed E-state index contributed by atoms with van der Waals surface area (Å²) in [5, 5.41) is 23.4. The highest BCUT2D eigenvalue weighted by Crippen LogP contribution is 2.53. The van der Waals surface area contributed by atoms with Gasteiger partial charge < -0.3 is 10.2 Å². The maximum Gasteiger partial charge on any atom is 0.122 e. The second-order valence-electron chi connectivity index (χ2n) is 15.4. The molecule has 0 bridgehead atoms. The lowest BCUT2D eigenvalue weighted by Crippen LogP contribution is -2.23. The summed E-state index contributed by atoms with van der Waals surface area (Å²) in [6.45, 7) is 26.6. The van der Waals surface area contributed by atoms with Crippen molar-refractivity contribution in [3.05, 3.63) is 57.6 Å². The molecule has 0 amide bonds. The summed E-state index contributed by atoms with van der Waals surface area (Å²) in [7, 11) is 0. The fourth-order valence-electron chi connectivity index (χ4n) is 5.76. The predicted molar refractivity (Wildman–Crippen MR) is 155 cm³/mol. The van der Waals surface area contributed by atoms with Gasteiger partial charge in [-0.15, -0.1) is 0 Å². The van der Waals surface area contributed by atoms with E-state index in [0.29, 0.717) is 11.5 Å². The third-order valence-electron chi connectivity index (χ3n) is 8.19. The molecule has 2 N–H and O–H groups in total. The average molecular weight is 493 g/mol. The lowest BCUT2D eigenvalue weighted by atomic mass is 9.68. The molecule has 0 heterocycles. The molecule has 200 valence electrons. The third-order valence-corrected chi connectivity index (χ3v) is 8.19. The van der Waals surface area contributed by atoms with Crippen molar-refractivity contribution in [3.8, 4) is 11.5 Å². The Labute approximate surface area is 221 Å². The first-order chi connectivity index (χ1) is 16.2. The summed E-state index contributed by atoms with van der Waals surface area (Å²) < 4.78 is 0. The normalized spacial score (nSPS) is 20.0. The van der Waals surface area contributed by atoms with Crippen LogP contribution in [0.4, 0.5) is 0 Å². The zero-order valence-electron chi connectivity index (χ0n) is 25.2. The zero-order valence-corrected chi connectivity index (χ0v) is 25.2. The van der Waals surface area contributed by atoms with Gasteiger partial charge in [-0.2, -0.15) is 0 Å². The molecule has 2 nitrogen and oxygen atoms in total. The highest BCUT2D eigenvalue weighted by atomic mass is 16.3. The molecule has 36 heavy (non-hydrogen) atoms. The molecule has 2 aromatic carbocycles. The van der Waals surface area contributed by atoms with Gasteiger partial charge in [0.15, 0.2) is 0 Å². The topological polar surface area (TPSA) is 40.5 Å². The van der Waals surface area contributed by atoms with Crippen LogP contribution in [0.2, 0.25) is 0 Å². The molecule has 0 aliphatic heterocycles. The van der Waals surface area contributed by atoms with Crippen LogP contribution in [0.15, 0.2) is 24.3 Å². The molecule has 0 saturated heterocycles. The Bertz CT molecular complexity index is 1000. The highest BCUT2D eigenvalue weighted by Gasteiger charge is 2.36. The summed E-state index contributed by atoms with van der Waals surface area (Å²) in [4.78, 5) is 0. The highest BCUT2D eigenvalue weighted by molar-refractivity contribution is 5.54. The minimum absolute atomic E-state index is 0.0136. The number of phenols is 2. The van der Waals surface area contributed by atoms with E-state index >= 15 is 0 Å². The smallest absolute Gasteiger partial charge is 0.122 e. The van der Waals surface area contributed by atoms with Crippen LogP contribution in [0.25, 0.3) is 0 Å².